The summed E-state index contributed by atoms with van der Waals surface area (Å²) in [6.07, 6.45) is 9.80. The third kappa shape index (κ3) is 4.71. The Morgan fingerprint density at radius 2 is 1.82 bits per heavy atom. The summed E-state index contributed by atoms with van der Waals surface area (Å²) in [6, 6.07) is 9.92. The molecule has 5 rings (SSSR count). The fraction of sp³-hybridized carbons (Fsp3) is 0.308. The molecule has 4 heterocycles. The van der Waals surface area contributed by atoms with E-state index in [2.05, 4.69) is 46.8 Å². The van der Waals surface area contributed by atoms with E-state index in [0.717, 1.165) is 73.9 Å². The molecule has 1 aliphatic rings. The molecule has 0 unspecified atom stereocenters. The van der Waals surface area contributed by atoms with Crippen LogP contribution in [0.2, 0.25) is 0 Å². The van der Waals surface area contributed by atoms with Gasteiger partial charge in [-0.1, -0.05) is 12.1 Å². The van der Waals surface area contributed by atoms with Crippen LogP contribution in [0.15, 0.2) is 55.1 Å². The second kappa shape index (κ2) is 9.39. The molecule has 1 aromatic carbocycles. The minimum atomic E-state index is 0.699. The predicted molar refractivity (Wildman–Crippen MR) is 132 cm³/mol. The third-order valence-corrected chi connectivity index (χ3v) is 6.30. The van der Waals surface area contributed by atoms with Crippen LogP contribution in [0.1, 0.15) is 17.5 Å². The van der Waals surface area contributed by atoms with E-state index in [4.69, 9.17) is 6.57 Å². The van der Waals surface area contributed by atoms with Crippen LogP contribution in [0.25, 0.3) is 27.0 Å². The largest absolute Gasteiger partial charge is 0.361 e. The lowest BCUT2D eigenvalue weighted by Gasteiger charge is -2.34. The van der Waals surface area contributed by atoms with Gasteiger partial charge in [-0.05, 0) is 61.0 Å². The van der Waals surface area contributed by atoms with Crippen LogP contribution >= 0.6 is 0 Å². The molecule has 1 N–H and O–H groups in total. The molecule has 1 aliphatic heterocycles. The van der Waals surface area contributed by atoms with E-state index in [-0.39, 0.29) is 0 Å². The second-order valence-corrected chi connectivity index (χ2v) is 8.58. The molecule has 0 amide bonds. The molecule has 0 atom stereocenters. The van der Waals surface area contributed by atoms with Crippen molar-refractivity contribution in [1.82, 2.24) is 24.8 Å². The van der Waals surface area contributed by atoms with Gasteiger partial charge in [0.25, 0.3) is 0 Å². The molecule has 0 spiro atoms. The second-order valence-electron chi connectivity index (χ2n) is 8.58. The Labute approximate surface area is 193 Å². The first kappa shape index (κ1) is 21.1. The van der Waals surface area contributed by atoms with Gasteiger partial charge in [0.15, 0.2) is 5.69 Å². The molecule has 1 saturated heterocycles. The summed E-state index contributed by atoms with van der Waals surface area (Å²) in [4.78, 5) is 25.3. The average Bonchev–Trinajstić information content (AvgIpc) is 3.27. The maximum absolute atomic E-state index is 7.24. The van der Waals surface area contributed by atoms with Gasteiger partial charge in [-0.2, -0.15) is 0 Å². The van der Waals surface area contributed by atoms with Crippen molar-refractivity contribution in [3.8, 4) is 11.3 Å². The SMILES string of the molecule is [C-]#[N+]c1ccc2[nH]cc(CCCN3CCN(c4ncc(-c5ccc(C)cn5)cn4)CC3)c2c1. The van der Waals surface area contributed by atoms with Crippen LogP contribution in [-0.2, 0) is 6.42 Å². The Kier molecular flexibility index (Phi) is 6.01. The molecule has 33 heavy (non-hydrogen) atoms. The van der Waals surface area contributed by atoms with Crippen LogP contribution < -0.4 is 4.90 Å². The first-order valence-corrected chi connectivity index (χ1v) is 11.4. The number of piperazine rings is 1. The lowest BCUT2D eigenvalue weighted by atomic mass is 10.1. The van der Waals surface area contributed by atoms with E-state index >= 15 is 0 Å². The zero-order valence-corrected chi connectivity index (χ0v) is 18.8. The lowest BCUT2D eigenvalue weighted by Crippen LogP contribution is -2.47. The summed E-state index contributed by atoms with van der Waals surface area (Å²) in [5, 5.41) is 1.18. The number of pyridine rings is 1. The molecule has 0 saturated carbocycles. The summed E-state index contributed by atoms with van der Waals surface area (Å²) >= 11 is 0. The zero-order valence-electron chi connectivity index (χ0n) is 18.8. The quantitative estimate of drug-likeness (QED) is 0.446. The van der Waals surface area contributed by atoms with Gasteiger partial charge in [-0.3, -0.25) is 9.88 Å². The van der Waals surface area contributed by atoms with Crippen LogP contribution in [0.3, 0.4) is 0 Å². The van der Waals surface area contributed by atoms with Crippen molar-refractivity contribution < 1.29 is 0 Å². The molecule has 1 fully saturated rings. The van der Waals surface area contributed by atoms with Gasteiger partial charge in [0.05, 0.1) is 12.3 Å². The number of rotatable bonds is 6. The molecular weight excluding hydrogens is 410 g/mol. The number of nitrogens with one attached hydrogen (secondary N) is 1. The summed E-state index contributed by atoms with van der Waals surface area (Å²) in [7, 11) is 0. The normalized spacial score (nSPS) is 14.5. The number of benzene rings is 1. The Bertz CT molecular complexity index is 1260. The van der Waals surface area contributed by atoms with Crippen molar-refractivity contribution in [3.05, 3.63) is 77.7 Å². The van der Waals surface area contributed by atoms with Crippen molar-refractivity contribution >= 4 is 22.5 Å². The molecule has 7 nitrogen and oxygen atoms in total. The summed E-state index contributed by atoms with van der Waals surface area (Å²) in [6.45, 7) is 14.2. The number of aryl methyl sites for hydroxylation is 2. The van der Waals surface area contributed by atoms with Crippen molar-refractivity contribution in [1.29, 1.82) is 0 Å². The number of fused-ring (bicyclic) bond motifs is 1. The van der Waals surface area contributed by atoms with Gasteiger partial charge in [0.1, 0.15) is 0 Å². The van der Waals surface area contributed by atoms with Crippen LogP contribution in [0.4, 0.5) is 11.6 Å². The topological polar surface area (TPSA) is 65.3 Å². The first-order chi connectivity index (χ1) is 16.2. The van der Waals surface area contributed by atoms with Gasteiger partial charge < -0.3 is 9.88 Å². The fourth-order valence-electron chi connectivity index (χ4n) is 4.36. The number of aromatic nitrogens is 4. The van der Waals surface area contributed by atoms with E-state index in [1.807, 2.05) is 49.8 Å². The highest BCUT2D eigenvalue weighted by Gasteiger charge is 2.19. The Hall–Kier alpha value is -3.76. The predicted octanol–water partition coefficient (Wildman–Crippen LogP) is 4.63. The molecule has 0 radical (unpaired) electrons. The smallest absolute Gasteiger partial charge is 0.225 e. The Morgan fingerprint density at radius 3 is 2.55 bits per heavy atom. The van der Waals surface area contributed by atoms with Gasteiger partial charge in [-0.15, -0.1) is 0 Å². The van der Waals surface area contributed by atoms with Crippen LogP contribution in [0, 0.1) is 13.5 Å². The molecule has 4 aromatic rings. The van der Waals surface area contributed by atoms with Gasteiger partial charge in [-0.25, -0.2) is 14.8 Å². The highest BCUT2D eigenvalue weighted by atomic mass is 15.3. The summed E-state index contributed by atoms with van der Waals surface area (Å²) in [5.74, 6) is 0.792. The van der Waals surface area contributed by atoms with Gasteiger partial charge in [0.2, 0.25) is 5.95 Å². The molecule has 7 heteroatoms. The number of hydrogen-bond acceptors (Lipinski definition) is 5. The standard InChI is InChI=1S/C26H27N7/c1-19-5-7-24(28-15-19)21-17-30-26(31-18-21)33-12-10-32(11-13-33)9-3-4-20-16-29-25-8-6-22(27-2)14-23(20)25/h5-8,14-18,29H,3-4,9-13H2,1H3. The number of H-pyrrole nitrogens is 1. The third-order valence-electron chi connectivity index (χ3n) is 6.30. The van der Waals surface area contributed by atoms with E-state index in [0.29, 0.717) is 5.69 Å². The maximum Gasteiger partial charge on any atom is 0.225 e. The molecular formula is C26H27N7. The van der Waals surface area contributed by atoms with Crippen LogP contribution in [0.5, 0.6) is 0 Å². The first-order valence-electron chi connectivity index (χ1n) is 11.4. The van der Waals surface area contributed by atoms with E-state index in [1.54, 1.807) is 0 Å². The maximum atomic E-state index is 7.24. The highest BCUT2D eigenvalue weighted by molar-refractivity contribution is 5.86. The zero-order chi connectivity index (χ0) is 22.6. The van der Waals surface area contributed by atoms with Gasteiger partial charge in [0, 0.05) is 62.0 Å². The van der Waals surface area contributed by atoms with Gasteiger partial charge >= 0.3 is 0 Å². The number of nitrogens with zero attached hydrogens (tertiary/aromatic N) is 6. The van der Waals surface area contributed by atoms with Crippen molar-refractivity contribution in [3.63, 3.8) is 0 Å². The Balaban J connectivity index is 1.12. The molecule has 3 aromatic heterocycles. The summed E-state index contributed by atoms with van der Waals surface area (Å²) < 4.78 is 0. The average molecular weight is 438 g/mol. The van der Waals surface area contributed by atoms with Crippen molar-refractivity contribution in [2.75, 3.05) is 37.6 Å². The molecule has 166 valence electrons. The van der Waals surface area contributed by atoms with Crippen molar-refractivity contribution in [2.24, 2.45) is 0 Å². The number of hydrogen-bond donors (Lipinski definition) is 1. The van der Waals surface area contributed by atoms with Crippen LogP contribution in [-0.4, -0.2) is 57.6 Å². The van der Waals surface area contributed by atoms with E-state index < -0.39 is 0 Å². The minimum absolute atomic E-state index is 0.699. The minimum Gasteiger partial charge on any atom is -0.361 e. The van der Waals surface area contributed by atoms with E-state index in [9.17, 15) is 0 Å². The lowest BCUT2D eigenvalue weighted by molar-refractivity contribution is 0.254. The number of anilines is 1. The molecule has 0 aliphatic carbocycles. The van der Waals surface area contributed by atoms with E-state index in [1.165, 1.54) is 10.9 Å². The Morgan fingerprint density at radius 1 is 1.00 bits per heavy atom. The summed E-state index contributed by atoms with van der Waals surface area (Å²) in [5.41, 5.74) is 6.09. The number of aromatic amines is 1. The van der Waals surface area contributed by atoms with Crippen molar-refractivity contribution in [2.45, 2.75) is 19.8 Å². The molecule has 0 bridgehead atoms. The monoisotopic (exact) mass is 437 g/mol. The fourth-order valence-corrected chi connectivity index (χ4v) is 4.36. The highest BCUT2D eigenvalue weighted by Crippen LogP contribution is 2.25.